The maximum Gasteiger partial charge on any atom is 0.196 e. The number of para-hydroxylation sites is 1. The summed E-state index contributed by atoms with van der Waals surface area (Å²) in [5, 5.41) is 0. The maximum atomic E-state index is 6.04. The maximum absolute atomic E-state index is 6.04. The van der Waals surface area contributed by atoms with Gasteiger partial charge in [-0.3, -0.25) is 0 Å². The summed E-state index contributed by atoms with van der Waals surface area (Å²) in [5.74, 6) is 0.589. The number of nitrogens with two attached hydrogens (primary N) is 1. The van der Waals surface area contributed by atoms with E-state index in [9.17, 15) is 0 Å². The second-order valence-corrected chi connectivity index (χ2v) is 4.31. The smallest absolute Gasteiger partial charge is 0.196 e. The van der Waals surface area contributed by atoms with Gasteiger partial charge < -0.3 is 15.4 Å². The number of benzene rings is 1. The number of guanidine groups is 1. The molecule has 4 nitrogen and oxygen atoms in total. The summed E-state index contributed by atoms with van der Waals surface area (Å²) in [7, 11) is 0. The molecule has 0 radical (unpaired) electrons. The van der Waals surface area contributed by atoms with Crippen LogP contribution in [0.3, 0.4) is 0 Å². The lowest BCUT2D eigenvalue weighted by Crippen LogP contribution is -2.44. The summed E-state index contributed by atoms with van der Waals surface area (Å²) in [6, 6.07) is 6.14. The summed E-state index contributed by atoms with van der Waals surface area (Å²) in [6.45, 7) is 7.20. The predicted molar refractivity (Wildman–Crippen MR) is 69.6 cm³/mol. The third-order valence-electron chi connectivity index (χ3n) is 3.00. The topological polar surface area (TPSA) is 50.8 Å². The van der Waals surface area contributed by atoms with Crippen LogP contribution in [0.2, 0.25) is 0 Å². The molecule has 1 aromatic carbocycles. The molecule has 2 rings (SSSR count). The van der Waals surface area contributed by atoms with Crippen LogP contribution in [0.25, 0.3) is 0 Å². The lowest BCUT2D eigenvalue weighted by Gasteiger charge is -2.27. The van der Waals surface area contributed by atoms with E-state index in [1.54, 1.807) is 0 Å². The Morgan fingerprint density at radius 1 is 1.24 bits per heavy atom. The Labute approximate surface area is 102 Å². The number of hydrogen-bond donors (Lipinski definition) is 1. The monoisotopic (exact) mass is 233 g/mol. The molecule has 0 aliphatic carbocycles. The predicted octanol–water partition coefficient (Wildman–Crippen LogP) is 1.58. The summed E-state index contributed by atoms with van der Waals surface area (Å²) < 4.78 is 5.30. The van der Waals surface area contributed by atoms with Crippen LogP contribution in [0.5, 0.6) is 0 Å². The third-order valence-corrected chi connectivity index (χ3v) is 3.00. The van der Waals surface area contributed by atoms with Crippen molar-refractivity contribution in [3.8, 4) is 0 Å². The number of aliphatic imine (C=N–C) groups is 1. The minimum Gasteiger partial charge on any atom is -0.378 e. The van der Waals surface area contributed by atoms with Crippen LogP contribution < -0.4 is 5.73 Å². The number of nitrogens with zero attached hydrogens (tertiary/aromatic N) is 2. The molecule has 0 spiro atoms. The average Bonchev–Trinajstić information content (AvgIpc) is 2.35. The molecule has 0 bridgehead atoms. The average molecular weight is 233 g/mol. The van der Waals surface area contributed by atoms with Gasteiger partial charge in [-0.15, -0.1) is 0 Å². The molecule has 17 heavy (non-hydrogen) atoms. The Hall–Kier alpha value is -1.55. The molecule has 4 heteroatoms. The van der Waals surface area contributed by atoms with E-state index in [1.807, 2.05) is 6.07 Å². The number of rotatable bonds is 1. The Kier molecular flexibility index (Phi) is 3.64. The molecule has 0 amide bonds. The molecule has 1 saturated heterocycles. The van der Waals surface area contributed by atoms with Crippen LogP contribution in [0.1, 0.15) is 11.1 Å². The summed E-state index contributed by atoms with van der Waals surface area (Å²) >= 11 is 0. The van der Waals surface area contributed by atoms with Gasteiger partial charge in [0.15, 0.2) is 5.96 Å². The molecule has 1 heterocycles. The van der Waals surface area contributed by atoms with Gasteiger partial charge in [0.25, 0.3) is 0 Å². The highest BCUT2D eigenvalue weighted by molar-refractivity contribution is 5.82. The molecule has 0 unspecified atom stereocenters. The molecule has 1 fully saturated rings. The van der Waals surface area contributed by atoms with Gasteiger partial charge in [0.1, 0.15) is 0 Å². The van der Waals surface area contributed by atoms with E-state index in [2.05, 4.69) is 35.9 Å². The van der Waals surface area contributed by atoms with Gasteiger partial charge in [0.05, 0.1) is 18.9 Å². The van der Waals surface area contributed by atoms with E-state index < -0.39 is 0 Å². The van der Waals surface area contributed by atoms with E-state index in [1.165, 1.54) is 0 Å². The van der Waals surface area contributed by atoms with Crippen LogP contribution in [0.4, 0.5) is 5.69 Å². The first-order chi connectivity index (χ1) is 8.18. The fraction of sp³-hybridized carbons (Fsp3) is 0.462. The van der Waals surface area contributed by atoms with E-state index >= 15 is 0 Å². The number of ether oxygens (including phenoxy) is 1. The van der Waals surface area contributed by atoms with Gasteiger partial charge >= 0.3 is 0 Å². The van der Waals surface area contributed by atoms with E-state index in [0.717, 1.165) is 43.1 Å². The van der Waals surface area contributed by atoms with Crippen molar-refractivity contribution in [2.45, 2.75) is 13.8 Å². The van der Waals surface area contributed by atoms with E-state index in [0.29, 0.717) is 5.96 Å². The fourth-order valence-electron chi connectivity index (χ4n) is 1.96. The first-order valence-electron chi connectivity index (χ1n) is 5.91. The quantitative estimate of drug-likeness (QED) is 0.592. The summed E-state index contributed by atoms with van der Waals surface area (Å²) in [4.78, 5) is 6.61. The van der Waals surface area contributed by atoms with Crippen LogP contribution in [0.15, 0.2) is 23.2 Å². The second-order valence-electron chi connectivity index (χ2n) is 4.31. The van der Waals surface area contributed by atoms with Crippen molar-refractivity contribution in [3.05, 3.63) is 29.3 Å². The zero-order valence-electron chi connectivity index (χ0n) is 10.4. The van der Waals surface area contributed by atoms with Crippen LogP contribution in [-0.2, 0) is 4.74 Å². The van der Waals surface area contributed by atoms with Gasteiger partial charge in [-0.2, -0.15) is 0 Å². The molecule has 2 N–H and O–H groups in total. The van der Waals surface area contributed by atoms with Gasteiger partial charge in [0, 0.05) is 13.1 Å². The zero-order chi connectivity index (χ0) is 12.3. The molecular weight excluding hydrogens is 214 g/mol. The molecule has 1 aliphatic rings. The molecule has 92 valence electrons. The minimum atomic E-state index is 0.589. The highest BCUT2D eigenvalue weighted by Gasteiger charge is 2.13. The van der Waals surface area contributed by atoms with Crippen molar-refractivity contribution >= 4 is 11.6 Å². The largest absolute Gasteiger partial charge is 0.378 e. The first-order valence-corrected chi connectivity index (χ1v) is 5.91. The van der Waals surface area contributed by atoms with Crippen molar-refractivity contribution in [2.75, 3.05) is 26.3 Å². The number of aryl methyl sites for hydroxylation is 2. The lowest BCUT2D eigenvalue weighted by molar-refractivity contribution is 0.0675. The van der Waals surface area contributed by atoms with E-state index in [-0.39, 0.29) is 0 Å². The fourth-order valence-corrected chi connectivity index (χ4v) is 1.96. The standard InChI is InChI=1S/C13H19N3O/c1-10-4-3-5-11(2)12(10)15-13(14)16-6-8-17-9-7-16/h3-5H,6-9H2,1-2H3,(H2,14,15). The lowest BCUT2D eigenvalue weighted by atomic mass is 10.1. The molecular formula is C13H19N3O. The Bertz CT molecular complexity index is 402. The van der Waals surface area contributed by atoms with Gasteiger partial charge in [-0.25, -0.2) is 4.99 Å². The molecule has 0 atom stereocenters. The van der Waals surface area contributed by atoms with E-state index in [4.69, 9.17) is 10.5 Å². The number of hydrogen-bond acceptors (Lipinski definition) is 2. The van der Waals surface area contributed by atoms with Crippen LogP contribution in [-0.4, -0.2) is 37.2 Å². The van der Waals surface area contributed by atoms with Crippen LogP contribution >= 0.6 is 0 Å². The Morgan fingerprint density at radius 2 is 1.82 bits per heavy atom. The van der Waals surface area contributed by atoms with Crippen molar-refractivity contribution in [1.82, 2.24) is 4.90 Å². The Balaban J connectivity index is 2.22. The zero-order valence-corrected chi connectivity index (χ0v) is 10.4. The van der Waals surface area contributed by atoms with Crippen molar-refractivity contribution < 1.29 is 4.74 Å². The second kappa shape index (κ2) is 5.19. The van der Waals surface area contributed by atoms with Gasteiger partial charge in [0.2, 0.25) is 0 Å². The molecule has 1 aromatic rings. The Morgan fingerprint density at radius 3 is 2.41 bits per heavy atom. The van der Waals surface area contributed by atoms with Gasteiger partial charge in [-0.05, 0) is 25.0 Å². The highest BCUT2D eigenvalue weighted by Crippen LogP contribution is 2.23. The van der Waals surface area contributed by atoms with Crippen LogP contribution in [0, 0.1) is 13.8 Å². The molecule has 0 saturated carbocycles. The third kappa shape index (κ3) is 2.77. The van der Waals surface area contributed by atoms with Crippen molar-refractivity contribution in [2.24, 2.45) is 10.7 Å². The van der Waals surface area contributed by atoms with Crippen molar-refractivity contribution in [1.29, 1.82) is 0 Å². The molecule has 0 aromatic heterocycles. The highest BCUT2D eigenvalue weighted by atomic mass is 16.5. The summed E-state index contributed by atoms with van der Waals surface area (Å²) in [5.41, 5.74) is 9.33. The SMILES string of the molecule is Cc1cccc(C)c1N=C(N)N1CCOCC1. The molecule has 1 aliphatic heterocycles. The summed E-state index contributed by atoms with van der Waals surface area (Å²) in [6.07, 6.45) is 0. The number of morpholine rings is 1. The first kappa shape index (κ1) is 11.9. The minimum absolute atomic E-state index is 0.589. The van der Waals surface area contributed by atoms with Crippen molar-refractivity contribution in [3.63, 3.8) is 0 Å². The normalized spacial score (nSPS) is 17.3. The van der Waals surface area contributed by atoms with Gasteiger partial charge in [-0.1, -0.05) is 18.2 Å².